The molecule has 2 N–H and O–H groups in total. The number of hydrogen-bond acceptors (Lipinski definition) is 3. The van der Waals surface area contributed by atoms with Gasteiger partial charge in [0.25, 0.3) is 5.91 Å². The molecule has 1 rings (SSSR count). The van der Waals surface area contributed by atoms with E-state index >= 15 is 0 Å². The van der Waals surface area contributed by atoms with Crippen molar-refractivity contribution in [3.63, 3.8) is 0 Å². The molecule has 0 unspecified atom stereocenters. The van der Waals surface area contributed by atoms with E-state index in [0.717, 1.165) is 24.0 Å². The molecule has 0 spiro atoms. The summed E-state index contributed by atoms with van der Waals surface area (Å²) in [6, 6.07) is 5.96. The van der Waals surface area contributed by atoms with Crippen LogP contribution in [0.3, 0.4) is 0 Å². The number of hydrogen-bond donors (Lipinski definition) is 2. The Labute approximate surface area is 132 Å². The summed E-state index contributed by atoms with van der Waals surface area (Å²) in [7, 11) is 0. The third-order valence-electron chi connectivity index (χ3n) is 3.25. The van der Waals surface area contributed by atoms with Crippen LogP contribution in [0.15, 0.2) is 18.2 Å². The first kappa shape index (κ1) is 18.0. The normalized spacial score (nSPS) is 10.4. The summed E-state index contributed by atoms with van der Waals surface area (Å²) in [5, 5.41) is 0. The van der Waals surface area contributed by atoms with Gasteiger partial charge in [-0.25, -0.2) is 0 Å². The van der Waals surface area contributed by atoms with Crippen molar-refractivity contribution in [2.75, 3.05) is 6.61 Å². The minimum Gasteiger partial charge on any atom is -0.483 e. The van der Waals surface area contributed by atoms with Crippen molar-refractivity contribution in [2.24, 2.45) is 0 Å². The second-order valence-electron chi connectivity index (χ2n) is 5.68. The molecule has 2 amide bonds. The number of hydrazine groups is 1. The second kappa shape index (κ2) is 9.07. The van der Waals surface area contributed by atoms with Gasteiger partial charge in [0.15, 0.2) is 6.61 Å². The lowest BCUT2D eigenvalue weighted by Crippen LogP contribution is -2.43. The largest absolute Gasteiger partial charge is 0.483 e. The highest BCUT2D eigenvalue weighted by atomic mass is 16.5. The lowest BCUT2D eigenvalue weighted by atomic mass is 10.0. The van der Waals surface area contributed by atoms with Gasteiger partial charge >= 0.3 is 0 Å². The summed E-state index contributed by atoms with van der Waals surface area (Å²) in [4.78, 5) is 23.1. The van der Waals surface area contributed by atoms with Crippen molar-refractivity contribution >= 4 is 11.8 Å². The van der Waals surface area contributed by atoms with E-state index in [2.05, 4.69) is 24.7 Å². The average Bonchev–Trinajstić information content (AvgIpc) is 2.48. The highest BCUT2D eigenvalue weighted by Gasteiger charge is 2.10. The summed E-state index contributed by atoms with van der Waals surface area (Å²) < 4.78 is 5.59. The van der Waals surface area contributed by atoms with E-state index in [-0.39, 0.29) is 18.4 Å². The quantitative estimate of drug-likeness (QED) is 0.761. The van der Waals surface area contributed by atoms with Gasteiger partial charge in [-0.05, 0) is 36.5 Å². The lowest BCUT2D eigenvalue weighted by Gasteiger charge is -2.15. The predicted octanol–water partition coefficient (Wildman–Crippen LogP) is 2.83. The third-order valence-corrected chi connectivity index (χ3v) is 3.25. The maximum Gasteiger partial charge on any atom is 0.276 e. The van der Waals surface area contributed by atoms with Gasteiger partial charge in [0, 0.05) is 6.42 Å². The SMILES string of the molecule is CCCCC(=O)NNC(=O)COc1cc(C)ccc1C(C)C. The topological polar surface area (TPSA) is 67.4 Å². The van der Waals surface area contributed by atoms with Gasteiger partial charge in [0.2, 0.25) is 5.91 Å². The van der Waals surface area contributed by atoms with Crippen molar-refractivity contribution < 1.29 is 14.3 Å². The molecule has 122 valence electrons. The number of rotatable bonds is 7. The molecule has 0 aromatic heterocycles. The molecule has 0 aliphatic rings. The fourth-order valence-corrected chi connectivity index (χ4v) is 1.96. The van der Waals surface area contributed by atoms with Gasteiger partial charge in [0.05, 0.1) is 0 Å². The molecule has 0 fully saturated rings. The predicted molar refractivity (Wildman–Crippen MR) is 86.6 cm³/mol. The smallest absolute Gasteiger partial charge is 0.276 e. The van der Waals surface area contributed by atoms with Crippen LogP contribution in [0.5, 0.6) is 5.75 Å². The molecule has 0 aliphatic carbocycles. The summed E-state index contributed by atoms with van der Waals surface area (Å²) in [5.41, 5.74) is 6.88. The Bertz CT molecular complexity index is 513. The summed E-state index contributed by atoms with van der Waals surface area (Å²) in [6.45, 7) is 8.01. The molecule has 5 nitrogen and oxygen atoms in total. The molecule has 0 heterocycles. The second-order valence-corrected chi connectivity index (χ2v) is 5.68. The molecule has 0 radical (unpaired) electrons. The number of aryl methyl sites for hydroxylation is 1. The Hall–Kier alpha value is -2.04. The lowest BCUT2D eigenvalue weighted by molar-refractivity contribution is -0.130. The van der Waals surface area contributed by atoms with Crippen LogP contribution in [-0.2, 0) is 9.59 Å². The van der Waals surface area contributed by atoms with Crippen molar-refractivity contribution in [1.82, 2.24) is 10.9 Å². The molecule has 5 heteroatoms. The first-order chi connectivity index (χ1) is 10.4. The zero-order valence-electron chi connectivity index (χ0n) is 13.9. The Kier molecular flexibility index (Phi) is 7.43. The fourth-order valence-electron chi connectivity index (χ4n) is 1.96. The fraction of sp³-hybridized carbons (Fsp3) is 0.529. The molecule has 0 aliphatic heterocycles. The average molecular weight is 306 g/mol. The van der Waals surface area contributed by atoms with Crippen LogP contribution in [0.1, 0.15) is 57.1 Å². The first-order valence-electron chi connectivity index (χ1n) is 7.75. The van der Waals surface area contributed by atoms with E-state index in [1.807, 2.05) is 32.0 Å². The molecule has 0 atom stereocenters. The maximum atomic E-state index is 11.7. The standard InChI is InChI=1S/C17H26N2O3/c1-5-6-7-16(20)18-19-17(21)11-22-15-10-13(4)8-9-14(15)12(2)3/h8-10,12H,5-7,11H2,1-4H3,(H,18,20)(H,19,21). The Balaban J connectivity index is 2.47. The van der Waals surface area contributed by atoms with Crippen LogP contribution >= 0.6 is 0 Å². The van der Waals surface area contributed by atoms with Crippen molar-refractivity contribution in [3.8, 4) is 5.75 Å². The van der Waals surface area contributed by atoms with E-state index in [1.54, 1.807) is 0 Å². The van der Waals surface area contributed by atoms with Crippen molar-refractivity contribution in [3.05, 3.63) is 29.3 Å². The van der Waals surface area contributed by atoms with E-state index in [1.165, 1.54) is 0 Å². The number of unbranched alkanes of at least 4 members (excludes halogenated alkanes) is 1. The van der Waals surface area contributed by atoms with Crippen LogP contribution in [0.4, 0.5) is 0 Å². The number of carbonyl (C=O) groups excluding carboxylic acids is 2. The van der Waals surface area contributed by atoms with E-state index in [9.17, 15) is 9.59 Å². The maximum absolute atomic E-state index is 11.7. The Morgan fingerprint density at radius 2 is 1.86 bits per heavy atom. The van der Waals surface area contributed by atoms with Gasteiger partial charge in [-0.3, -0.25) is 20.4 Å². The van der Waals surface area contributed by atoms with Crippen LogP contribution in [0, 0.1) is 6.92 Å². The molecule has 1 aromatic carbocycles. The molecule has 0 saturated heterocycles. The van der Waals surface area contributed by atoms with Crippen molar-refractivity contribution in [2.45, 2.75) is 52.9 Å². The van der Waals surface area contributed by atoms with Gasteiger partial charge in [-0.1, -0.05) is 39.3 Å². The Morgan fingerprint density at radius 1 is 1.18 bits per heavy atom. The minimum atomic E-state index is -0.374. The number of carbonyl (C=O) groups is 2. The van der Waals surface area contributed by atoms with Gasteiger partial charge in [-0.2, -0.15) is 0 Å². The molecule has 1 aromatic rings. The summed E-state index contributed by atoms with van der Waals surface area (Å²) >= 11 is 0. The summed E-state index contributed by atoms with van der Waals surface area (Å²) in [5.74, 6) is 0.463. The van der Waals surface area contributed by atoms with E-state index in [4.69, 9.17) is 4.74 Å². The Morgan fingerprint density at radius 3 is 2.50 bits per heavy atom. The monoisotopic (exact) mass is 306 g/mol. The molecular weight excluding hydrogens is 280 g/mol. The number of nitrogens with one attached hydrogen (secondary N) is 2. The van der Waals surface area contributed by atoms with Crippen LogP contribution in [0.25, 0.3) is 0 Å². The van der Waals surface area contributed by atoms with Crippen molar-refractivity contribution in [1.29, 1.82) is 0 Å². The number of benzene rings is 1. The zero-order valence-corrected chi connectivity index (χ0v) is 13.9. The van der Waals surface area contributed by atoms with E-state index < -0.39 is 0 Å². The highest BCUT2D eigenvalue weighted by molar-refractivity contribution is 5.82. The van der Waals surface area contributed by atoms with Crippen LogP contribution < -0.4 is 15.6 Å². The zero-order chi connectivity index (χ0) is 16.5. The van der Waals surface area contributed by atoms with Crippen LogP contribution in [-0.4, -0.2) is 18.4 Å². The van der Waals surface area contributed by atoms with Gasteiger partial charge < -0.3 is 4.74 Å². The van der Waals surface area contributed by atoms with Gasteiger partial charge in [-0.15, -0.1) is 0 Å². The highest BCUT2D eigenvalue weighted by Crippen LogP contribution is 2.27. The number of amides is 2. The third kappa shape index (κ3) is 6.16. The summed E-state index contributed by atoms with van der Waals surface area (Å²) in [6.07, 6.45) is 2.15. The van der Waals surface area contributed by atoms with Crippen LogP contribution in [0.2, 0.25) is 0 Å². The number of ether oxygens (including phenoxy) is 1. The molecule has 22 heavy (non-hydrogen) atoms. The molecule has 0 bridgehead atoms. The molecular formula is C17H26N2O3. The van der Waals surface area contributed by atoms with Gasteiger partial charge in [0.1, 0.15) is 5.75 Å². The first-order valence-corrected chi connectivity index (χ1v) is 7.75. The molecule has 0 saturated carbocycles. The van der Waals surface area contributed by atoms with E-state index in [0.29, 0.717) is 18.1 Å². The minimum absolute atomic E-state index is 0.128.